The number of aromatic nitrogens is 2. The fourth-order valence-corrected chi connectivity index (χ4v) is 2.16. The molecule has 0 aliphatic heterocycles. The number of ether oxygens (including phenoxy) is 1. The average Bonchev–Trinajstić information content (AvgIpc) is 2.93. The first-order chi connectivity index (χ1) is 11.6. The number of H-pyrrole nitrogens is 1. The zero-order chi connectivity index (χ0) is 17.4. The van der Waals surface area contributed by atoms with Gasteiger partial charge in [-0.2, -0.15) is 10.1 Å². The number of guanidine groups is 1. The standard InChI is InChI=1S/C17H23N5O2/c1-12-9-15(22-21-12)19-17(18-13(2)11-24-3)20-16(23)10-14-7-5-4-6-8-14/h4-9,13H,10-11H2,1-3H3,(H3,18,19,20,21,22,23). The number of nitrogens with one attached hydrogen (secondary N) is 3. The van der Waals surface area contributed by atoms with E-state index in [1.165, 1.54) is 0 Å². The van der Waals surface area contributed by atoms with E-state index in [1.54, 1.807) is 7.11 Å². The summed E-state index contributed by atoms with van der Waals surface area (Å²) < 4.78 is 5.11. The van der Waals surface area contributed by atoms with Crippen LogP contribution in [0, 0.1) is 6.92 Å². The summed E-state index contributed by atoms with van der Waals surface area (Å²) in [5.41, 5.74) is 1.84. The molecule has 7 nitrogen and oxygen atoms in total. The molecule has 128 valence electrons. The van der Waals surface area contributed by atoms with E-state index >= 15 is 0 Å². The lowest BCUT2D eigenvalue weighted by Crippen LogP contribution is -2.40. The van der Waals surface area contributed by atoms with Crippen LogP contribution in [0.1, 0.15) is 18.2 Å². The molecule has 3 N–H and O–H groups in total. The molecule has 0 radical (unpaired) electrons. The van der Waals surface area contributed by atoms with Gasteiger partial charge in [0.25, 0.3) is 5.91 Å². The maximum Gasteiger partial charge on any atom is 0.253 e. The van der Waals surface area contributed by atoms with Gasteiger partial charge in [0.05, 0.1) is 13.0 Å². The monoisotopic (exact) mass is 329 g/mol. The Labute approximate surface area is 141 Å². The van der Waals surface area contributed by atoms with E-state index in [0.29, 0.717) is 18.4 Å². The van der Waals surface area contributed by atoms with Crippen molar-refractivity contribution in [3.8, 4) is 0 Å². The molecule has 1 aromatic heterocycles. The molecule has 0 aliphatic carbocycles. The fraction of sp³-hybridized carbons (Fsp3) is 0.353. The van der Waals surface area contributed by atoms with E-state index in [1.807, 2.05) is 50.2 Å². The second-order valence-electron chi connectivity index (χ2n) is 5.58. The van der Waals surface area contributed by atoms with Gasteiger partial charge in [0.15, 0.2) is 5.82 Å². The summed E-state index contributed by atoms with van der Waals surface area (Å²) >= 11 is 0. The van der Waals surface area contributed by atoms with Gasteiger partial charge in [-0.15, -0.1) is 0 Å². The van der Waals surface area contributed by atoms with Crippen LogP contribution in [0.2, 0.25) is 0 Å². The Morgan fingerprint density at radius 3 is 2.75 bits per heavy atom. The van der Waals surface area contributed by atoms with Gasteiger partial charge in [-0.1, -0.05) is 30.3 Å². The molecule has 0 bridgehead atoms. The van der Waals surface area contributed by atoms with Crippen molar-refractivity contribution in [2.75, 3.05) is 19.0 Å². The Kier molecular flexibility index (Phi) is 6.51. The molecule has 1 amide bonds. The molecular formula is C17H23N5O2. The van der Waals surface area contributed by atoms with Crippen LogP contribution >= 0.6 is 0 Å². The number of aliphatic imine (C=N–C) groups is 1. The van der Waals surface area contributed by atoms with E-state index in [4.69, 9.17) is 4.74 Å². The van der Waals surface area contributed by atoms with E-state index in [-0.39, 0.29) is 18.4 Å². The van der Waals surface area contributed by atoms with Crippen molar-refractivity contribution in [3.63, 3.8) is 0 Å². The van der Waals surface area contributed by atoms with Gasteiger partial charge < -0.3 is 15.4 Å². The van der Waals surface area contributed by atoms with Crippen LogP contribution in [0.25, 0.3) is 0 Å². The molecule has 0 saturated carbocycles. The maximum atomic E-state index is 12.2. The molecule has 24 heavy (non-hydrogen) atoms. The Bertz CT molecular complexity index is 681. The van der Waals surface area contributed by atoms with Crippen LogP contribution in [-0.2, 0) is 16.0 Å². The van der Waals surface area contributed by atoms with Crippen LogP contribution < -0.4 is 10.6 Å². The van der Waals surface area contributed by atoms with E-state index in [2.05, 4.69) is 25.8 Å². The molecule has 1 atom stereocenters. The topological polar surface area (TPSA) is 91.4 Å². The predicted octanol–water partition coefficient (Wildman–Crippen LogP) is 1.88. The summed E-state index contributed by atoms with van der Waals surface area (Å²) in [6.07, 6.45) is 0.242. The molecule has 1 unspecified atom stereocenters. The van der Waals surface area contributed by atoms with Crippen LogP contribution in [-0.4, -0.2) is 41.8 Å². The molecule has 7 heteroatoms. The first-order valence-electron chi connectivity index (χ1n) is 7.76. The maximum absolute atomic E-state index is 12.2. The minimum Gasteiger partial charge on any atom is -0.383 e. The summed E-state index contributed by atoms with van der Waals surface area (Å²) in [5.74, 6) is 0.705. The summed E-state index contributed by atoms with van der Waals surface area (Å²) in [6, 6.07) is 11.3. The van der Waals surface area contributed by atoms with Crippen molar-refractivity contribution < 1.29 is 9.53 Å². The number of amides is 1. The van der Waals surface area contributed by atoms with Gasteiger partial charge in [0.1, 0.15) is 0 Å². The lowest BCUT2D eigenvalue weighted by molar-refractivity contribution is -0.117. The minimum atomic E-state index is -0.243. The lowest BCUT2D eigenvalue weighted by Gasteiger charge is -2.16. The molecule has 0 saturated heterocycles. The number of hydrogen-bond acceptors (Lipinski definition) is 3. The van der Waals surface area contributed by atoms with Gasteiger partial charge in [-0.25, -0.2) is 0 Å². The smallest absolute Gasteiger partial charge is 0.253 e. The third-order valence-electron chi connectivity index (χ3n) is 3.19. The van der Waals surface area contributed by atoms with Gasteiger partial charge in [0.2, 0.25) is 5.96 Å². The molecule has 0 spiro atoms. The Morgan fingerprint density at radius 2 is 2.12 bits per heavy atom. The minimum absolute atomic E-state index is 0.00851. The van der Waals surface area contributed by atoms with Crippen molar-refractivity contribution in [1.29, 1.82) is 0 Å². The van der Waals surface area contributed by atoms with Gasteiger partial charge >= 0.3 is 0 Å². The zero-order valence-corrected chi connectivity index (χ0v) is 14.2. The normalized spacial score (nSPS) is 12.7. The van der Waals surface area contributed by atoms with Crippen molar-refractivity contribution in [1.82, 2.24) is 15.5 Å². The predicted molar refractivity (Wildman–Crippen MR) is 94.0 cm³/mol. The highest BCUT2D eigenvalue weighted by molar-refractivity contribution is 6.01. The van der Waals surface area contributed by atoms with Gasteiger partial charge in [-0.05, 0) is 19.4 Å². The van der Waals surface area contributed by atoms with Crippen LogP contribution in [0.15, 0.2) is 41.4 Å². The number of methoxy groups -OCH3 is 1. The van der Waals surface area contributed by atoms with E-state index < -0.39 is 0 Å². The molecule has 2 rings (SSSR count). The van der Waals surface area contributed by atoms with Gasteiger partial charge in [-0.3, -0.25) is 9.89 Å². The molecule has 1 aromatic carbocycles. The zero-order valence-electron chi connectivity index (χ0n) is 14.2. The van der Waals surface area contributed by atoms with E-state index in [9.17, 15) is 4.79 Å². The third-order valence-corrected chi connectivity index (χ3v) is 3.19. The number of nitrogens with zero attached hydrogens (tertiary/aromatic N) is 2. The SMILES string of the molecule is COCC(C)N/C(=N/C(=O)Cc1ccccc1)Nc1cc(C)[nH]n1. The number of rotatable bonds is 6. The van der Waals surface area contributed by atoms with Crippen molar-refractivity contribution in [2.24, 2.45) is 4.99 Å². The highest BCUT2D eigenvalue weighted by Gasteiger charge is 2.10. The third kappa shape index (κ3) is 5.85. The summed E-state index contributed by atoms with van der Waals surface area (Å²) in [5, 5.41) is 13.1. The van der Waals surface area contributed by atoms with E-state index in [0.717, 1.165) is 11.3 Å². The molecule has 0 fully saturated rings. The molecular weight excluding hydrogens is 306 g/mol. The number of aryl methyl sites for hydroxylation is 1. The van der Waals surface area contributed by atoms with Crippen LogP contribution in [0.4, 0.5) is 5.82 Å². The number of hydrogen-bond donors (Lipinski definition) is 3. The highest BCUT2D eigenvalue weighted by atomic mass is 16.5. The summed E-state index contributed by atoms with van der Waals surface area (Å²) in [4.78, 5) is 16.4. The number of carbonyl (C=O) groups is 1. The quantitative estimate of drug-likeness (QED) is 0.556. The van der Waals surface area contributed by atoms with Crippen LogP contribution in [0.3, 0.4) is 0 Å². The van der Waals surface area contributed by atoms with Crippen molar-refractivity contribution in [2.45, 2.75) is 26.3 Å². The molecule has 0 aliphatic rings. The number of anilines is 1. The first kappa shape index (κ1) is 17.7. The van der Waals surface area contributed by atoms with Crippen molar-refractivity contribution >= 4 is 17.7 Å². The lowest BCUT2D eigenvalue weighted by atomic mass is 10.1. The van der Waals surface area contributed by atoms with Crippen molar-refractivity contribution in [3.05, 3.63) is 47.7 Å². The summed E-state index contributed by atoms with van der Waals surface area (Å²) in [7, 11) is 1.63. The largest absolute Gasteiger partial charge is 0.383 e. The number of benzene rings is 1. The second-order valence-corrected chi connectivity index (χ2v) is 5.58. The fourth-order valence-electron chi connectivity index (χ4n) is 2.16. The molecule has 1 heterocycles. The second kappa shape index (κ2) is 8.83. The highest BCUT2D eigenvalue weighted by Crippen LogP contribution is 2.05. The Hall–Kier alpha value is -2.67. The first-order valence-corrected chi connectivity index (χ1v) is 7.76. The average molecular weight is 329 g/mol. The number of carbonyl (C=O) groups excluding carboxylic acids is 1. The Balaban J connectivity index is 2.08. The number of aromatic amines is 1. The molecule has 2 aromatic rings. The van der Waals surface area contributed by atoms with Crippen LogP contribution in [0.5, 0.6) is 0 Å². The van der Waals surface area contributed by atoms with Gasteiger partial charge in [0, 0.05) is 24.9 Å². The Morgan fingerprint density at radius 1 is 1.38 bits per heavy atom. The summed E-state index contributed by atoms with van der Waals surface area (Å²) in [6.45, 7) is 4.34.